The molecule has 2 heteroatoms. The highest BCUT2D eigenvalue weighted by atomic mass is 16.3. The molecule has 0 spiro atoms. The highest BCUT2D eigenvalue weighted by Crippen LogP contribution is 2.63. The van der Waals surface area contributed by atoms with Crippen LogP contribution in [0.5, 0.6) is 0 Å². The van der Waals surface area contributed by atoms with Gasteiger partial charge in [0.05, 0.1) is 5.60 Å². The van der Waals surface area contributed by atoms with E-state index in [0.29, 0.717) is 19.3 Å². The Morgan fingerprint density at radius 1 is 1.39 bits per heavy atom. The fourth-order valence-corrected chi connectivity index (χ4v) is 5.75. The van der Waals surface area contributed by atoms with Gasteiger partial charge in [-0.15, -0.1) is 0 Å². The summed E-state index contributed by atoms with van der Waals surface area (Å²) in [5.41, 5.74) is 1.28. The standard InChI is InChI=1S/C21H28O2/c1-3-20-11-9-17-16-8-6-15(22)13-14(16)5-7-18(17)19(20)10-12-21(20,23)4-2/h9,11,13,18-19,23H,3-8,10,12H2,1-2H3/t18-,19+,20+,21+/m0/s1/i2D2,4D2. The lowest BCUT2D eigenvalue weighted by atomic mass is 9.56. The van der Waals surface area contributed by atoms with Gasteiger partial charge < -0.3 is 5.11 Å². The number of carbonyl (C=O) groups excluding carboxylic acids is 1. The van der Waals surface area contributed by atoms with Crippen LogP contribution in [0.3, 0.4) is 0 Å². The monoisotopic (exact) mass is 316 g/mol. The molecule has 1 fully saturated rings. The number of fused-ring (bicyclic) bond motifs is 4. The van der Waals surface area contributed by atoms with Gasteiger partial charge in [-0.3, -0.25) is 4.79 Å². The number of allylic oxidation sites excluding steroid dienone is 5. The molecule has 0 aromatic heterocycles. The zero-order valence-electron chi connectivity index (χ0n) is 17.8. The first-order chi connectivity index (χ1) is 12.7. The third kappa shape index (κ3) is 1.94. The van der Waals surface area contributed by atoms with E-state index < -0.39 is 24.3 Å². The van der Waals surface area contributed by atoms with Gasteiger partial charge in [0.1, 0.15) is 0 Å². The van der Waals surface area contributed by atoms with E-state index in [1.165, 1.54) is 11.1 Å². The van der Waals surface area contributed by atoms with Crippen LogP contribution in [0.25, 0.3) is 0 Å². The van der Waals surface area contributed by atoms with Crippen molar-refractivity contribution in [3.05, 3.63) is 34.9 Å². The summed E-state index contributed by atoms with van der Waals surface area (Å²) in [4.78, 5) is 11.8. The van der Waals surface area contributed by atoms with Crippen LogP contribution in [0.2, 0.25) is 0 Å². The number of rotatable bonds is 2. The predicted octanol–water partition coefficient (Wildman–Crippen LogP) is 4.50. The number of hydrogen-bond acceptors (Lipinski definition) is 2. The SMILES string of the molecule is [2H]C([2H])C([2H])([2H])[C@@]1(O)CC[C@@H]2[C@H]3CCC4=CC(=O)CCC4=C3C=C[C@]21CC. The first kappa shape index (κ1) is 11.4. The molecule has 1 saturated carbocycles. The normalized spacial score (nSPS) is 45.5. The zero-order chi connectivity index (χ0) is 19.6. The molecule has 0 bridgehead atoms. The zero-order valence-corrected chi connectivity index (χ0v) is 13.8. The molecule has 23 heavy (non-hydrogen) atoms. The maximum Gasteiger partial charge on any atom is 0.156 e. The third-order valence-corrected chi connectivity index (χ3v) is 6.94. The van der Waals surface area contributed by atoms with Crippen molar-refractivity contribution in [2.24, 2.45) is 17.3 Å². The molecule has 0 heterocycles. The van der Waals surface area contributed by atoms with Crippen LogP contribution < -0.4 is 0 Å². The van der Waals surface area contributed by atoms with Crippen LogP contribution in [0.4, 0.5) is 0 Å². The lowest BCUT2D eigenvalue weighted by Gasteiger charge is -2.50. The highest BCUT2D eigenvalue weighted by Gasteiger charge is 2.59. The van der Waals surface area contributed by atoms with E-state index >= 15 is 0 Å². The lowest BCUT2D eigenvalue weighted by Crippen LogP contribution is -2.48. The molecule has 0 aliphatic heterocycles. The van der Waals surface area contributed by atoms with E-state index in [1.807, 2.05) is 13.0 Å². The van der Waals surface area contributed by atoms with Gasteiger partial charge in [-0.25, -0.2) is 0 Å². The second-order valence-electron chi connectivity index (χ2n) is 7.59. The molecule has 124 valence electrons. The Balaban J connectivity index is 1.84. The summed E-state index contributed by atoms with van der Waals surface area (Å²) in [6, 6.07) is 0. The van der Waals surface area contributed by atoms with Crippen LogP contribution in [0, 0.1) is 17.3 Å². The largest absolute Gasteiger partial charge is 0.389 e. The Morgan fingerprint density at radius 3 is 3.04 bits per heavy atom. The third-order valence-electron chi connectivity index (χ3n) is 6.94. The molecule has 4 atom stereocenters. The molecule has 0 aromatic rings. The maximum atomic E-state index is 11.8. The van der Waals surface area contributed by atoms with Gasteiger partial charge in [-0.1, -0.05) is 26.0 Å². The van der Waals surface area contributed by atoms with E-state index in [1.54, 1.807) is 6.08 Å². The highest BCUT2D eigenvalue weighted by molar-refractivity contribution is 5.93. The van der Waals surface area contributed by atoms with Gasteiger partial charge >= 0.3 is 0 Å². The van der Waals surface area contributed by atoms with Crippen LogP contribution in [0.1, 0.15) is 70.6 Å². The Kier molecular flexibility index (Phi) is 2.57. The van der Waals surface area contributed by atoms with Crippen molar-refractivity contribution in [1.82, 2.24) is 0 Å². The van der Waals surface area contributed by atoms with Crippen molar-refractivity contribution in [2.75, 3.05) is 0 Å². The summed E-state index contributed by atoms with van der Waals surface area (Å²) in [5.74, 6) is 0.582. The topological polar surface area (TPSA) is 37.3 Å². The minimum absolute atomic E-state index is 0.119. The van der Waals surface area contributed by atoms with Crippen molar-refractivity contribution in [1.29, 1.82) is 0 Å². The number of aliphatic hydroxyl groups is 1. The second kappa shape index (κ2) is 5.17. The van der Waals surface area contributed by atoms with E-state index in [9.17, 15) is 9.90 Å². The Labute approximate surface area is 145 Å². The summed E-state index contributed by atoms with van der Waals surface area (Å²) >= 11 is 0. The molecule has 4 rings (SSSR count). The summed E-state index contributed by atoms with van der Waals surface area (Å²) in [6.45, 7) is 0.251. The van der Waals surface area contributed by atoms with Gasteiger partial charge in [0.25, 0.3) is 0 Å². The summed E-state index contributed by atoms with van der Waals surface area (Å²) in [5, 5.41) is 11.6. The minimum Gasteiger partial charge on any atom is -0.389 e. The van der Waals surface area contributed by atoms with Gasteiger partial charge in [-0.05, 0) is 79.5 Å². The van der Waals surface area contributed by atoms with Crippen LogP contribution in [-0.2, 0) is 4.79 Å². The fourth-order valence-electron chi connectivity index (χ4n) is 5.75. The van der Waals surface area contributed by atoms with Gasteiger partial charge in [0.2, 0.25) is 0 Å². The molecule has 0 amide bonds. The summed E-state index contributed by atoms with van der Waals surface area (Å²) in [7, 11) is 0. The van der Waals surface area contributed by atoms with Crippen molar-refractivity contribution in [3.63, 3.8) is 0 Å². The maximum absolute atomic E-state index is 11.8. The quantitative estimate of drug-likeness (QED) is 0.814. The average Bonchev–Trinajstić information content (AvgIpc) is 2.96. The van der Waals surface area contributed by atoms with E-state index in [2.05, 4.69) is 6.08 Å². The van der Waals surface area contributed by atoms with Gasteiger partial charge in [0, 0.05) is 17.3 Å². The average molecular weight is 316 g/mol. The molecule has 0 aromatic carbocycles. The van der Waals surface area contributed by atoms with Crippen LogP contribution in [-0.4, -0.2) is 16.5 Å². The van der Waals surface area contributed by atoms with Crippen LogP contribution in [0.15, 0.2) is 34.9 Å². The first-order valence-corrected chi connectivity index (χ1v) is 8.91. The van der Waals surface area contributed by atoms with Gasteiger partial charge in [-0.2, -0.15) is 0 Å². The summed E-state index contributed by atoms with van der Waals surface area (Å²) in [6.07, 6.45) is 8.27. The van der Waals surface area contributed by atoms with Crippen molar-refractivity contribution in [2.45, 2.75) is 70.7 Å². The first-order valence-electron chi connectivity index (χ1n) is 11.1. The lowest BCUT2D eigenvalue weighted by molar-refractivity contribution is -0.114. The second-order valence-corrected chi connectivity index (χ2v) is 7.59. The van der Waals surface area contributed by atoms with E-state index in [0.717, 1.165) is 24.8 Å². The van der Waals surface area contributed by atoms with E-state index in [-0.39, 0.29) is 24.0 Å². The number of ketones is 1. The number of carbonyl (C=O) groups is 1. The molecule has 4 aliphatic carbocycles. The summed E-state index contributed by atoms with van der Waals surface area (Å²) < 4.78 is 32.2. The van der Waals surface area contributed by atoms with Crippen LogP contribution >= 0.6 is 0 Å². The molecule has 1 N–H and O–H groups in total. The Morgan fingerprint density at radius 2 is 2.26 bits per heavy atom. The fraction of sp³-hybridized carbons (Fsp3) is 0.667. The van der Waals surface area contributed by atoms with Crippen molar-refractivity contribution >= 4 is 5.78 Å². The molecule has 0 radical (unpaired) electrons. The molecule has 0 unspecified atom stereocenters. The van der Waals surface area contributed by atoms with Gasteiger partial charge in [0.15, 0.2) is 5.78 Å². The smallest absolute Gasteiger partial charge is 0.156 e. The molecular formula is C21H28O2. The Hall–Kier alpha value is -1.15. The Bertz CT molecular complexity index is 766. The van der Waals surface area contributed by atoms with Crippen molar-refractivity contribution in [3.8, 4) is 0 Å². The molecule has 4 aliphatic rings. The minimum atomic E-state index is -2.29. The molecule has 0 saturated heterocycles. The number of hydrogen-bond donors (Lipinski definition) is 1. The predicted molar refractivity (Wildman–Crippen MR) is 91.9 cm³/mol. The van der Waals surface area contributed by atoms with E-state index in [4.69, 9.17) is 5.48 Å². The van der Waals surface area contributed by atoms with Crippen molar-refractivity contribution < 1.29 is 15.4 Å². The molecular weight excluding hydrogens is 284 g/mol. The molecule has 2 nitrogen and oxygen atoms in total.